The van der Waals surface area contributed by atoms with Gasteiger partial charge in [0.15, 0.2) is 0 Å². The normalized spacial score (nSPS) is 19.9. The van der Waals surface area contributed by atoms with Crippen LogP contribution in [-0.2, 0) is 6.54 Å². The summed E-state index contributed by atoms with van der Waals surface area (Å²) in [4.78, 5) is 2.56. The number of benzene rings is 1. The predicted octanol–water partition coefficient (Wildman–Crippen LogP) is 4.67. The number of hydrogen-bond donors (Lipinski definition) is 1. The second kappa shape index (κ2) is 7.38. The third-order valence-corrected chi connectivity index (χ3v) is 5.66. The molecule has 1 fully saturated rings. The van der Waals surface area contributed by atoms with Crippen LogP contribution < -0.4 is 10.2 Å². The van der Waals surface area contributed by atoms with Crippen LogP contribution in [0.1, 0.15) is 39.7 Å². The van der Waals surface area contributed by atoms with Crippen LogP contribution in [0.3, 0.4) is 0 Å². The largest absolute Gasteiger partial charge is 0.369 e. The quantitative estimate of drug-likeness (QED) is 0.828. The molecule has 1 unspecified atom stereocenters. The Hall–Kier alpha value is -0.190. The summed E-state index contributed by atoms with van der Waals surface area (Å²) in [5, 5.41) is 4.38. The molecule has 1 atom stereocenters. The molecule has 118 valence electrons. The highest BCUT2D eigenvalue weighted by molar-refractivity contribution is 9.10. The summed E-state index contributed by atoms with van der Waals surface area (Å²) in [6.45, 7) is 12.2. The average molecular weight is 371 g/mol. The Morgan fingerprint density at radius 1 is 1.38 bits per heavy atom. The Bertz CT molecular complexity index is 470. The number of hydrogen-bond acceptors (Lipinski definition) is 3. The third-order valence-electron chi connectivity index (χ3n) is 3.79. The van der Waals surface area contributed by atoms with Crippen molar-refractivity contribution in [3.63, 3.8) is 0 Å². The Morgan fingerprint density at radius 3 is 2.81 bits per heavy atom. The standard InChI is InChI=1S/C17H27BrN2S/c1-5-15-12-20(8-9-21-15)16-10-14(18)7-6-13(16)11-19-17(2,3)4/h6-7,10,15,19H,5,8-9,11-12H2,1-4H3. The van der Waals surface area contributed by atoms with Crippen molar-refractivity contribution in [1.29, 1.82) is 0 Å². The molecule has 21 heavy (non-hydrogen) atoms. The van der Waals surface area contributed by atoms with Crippen molar-refractivity contribution in [3.8, 4) is 0 Å². The Kier molecular flexibility index (Phi) is 6.04. The van der Waals surface area contributed by atoms with E-state index in [-0.39, 0.29) is 5.54 Å². The second-order valence-electron chi connectivity index (χ2n) is 6.72. The van der Waals surface area contributed by atoms with E-state index in [2.05, 4.69) is 83.8 Å². The molecule has 0 aliphatic carbocycles. The Morgan fingerprint density at radius 2 is 2.14 bits per heavy atom. The molecule has 0 amide bonds. The van der Waals surface area contributed by atoms with E-state index in [1.165, 1.54) is 34.4 Å². The molecule has 2 rings (SSSR count). The average Bonchev–Trinajstić information content (AvgIpc) is 2.45. The molecule has 1 N–H and O–H groups in total. The number of nitrogens with one attached hydrogen (secondary N) is 1. The van der Waals surface area contributed by atoms with Crippen LogP contribution in [0.25, 0.3) is 0 Å². The number of rotatable bonds is 4. The molecular formula is C17H27BrN2S. The minimum Gasteiger partial charge on any atom is -0.369 e. The van der Waals surface area contributed by atoms with Crippen molar-refractivity contribution >= 4 is 33.4 Å². The maximum atomic E-state index is 3.63. The molecule has 1 saturated heterocycles. The maximum Gasteiger partial charge on any atom is 0.0423 e. The molecular weight excluding hydrogens is 344 g/mol. The third kappa shape index (κ3) is 5.19. The molecule has 0 spiro atoms. The summed E-state index contributed by atoms with van der Waals surface area (Å²) < 4.78 is 1.17. The minimum atomic E-state index is 0.147. The van der Waals surface area contributed by atoms with Crippen molar-refractivity contribution < 1.29 is 0 Å². The van der Waals surface area contributed by atoms with Gasteiger partial charge in [-0.3, -0.25) is 0 Å². The van der Waals surface area contributed by atoms with E-state index >= 15 is 0 Å². The van der Waals surface area contributed by atoms with Crippen molar-refractivity contribution in [3.05, 3.63) is 28.2 Å². The monoisotopic (exact) mass is 370 g/mol. The zero-order valence-electron chi connectivity index (χ0n) is 13.6. The molecule has 1 heterocycles. The van der Waals surface area contributed by atoms with Crippen molar-refractivity contribution in [2.45, 2.75) is 51.4 Å². The van der Waals surface area contributed by atoms with Gasteiger partial charge in [-0.05, 0) is 44.9 Å². The first-order valence-electron chi connectivity index (χ1n) is 7.79. The topological polar surface area (TPSA) is 15.3 Å². The van der Waals surface area contributed by atoms with Gasteiger partial charge in [0.2, 0.25) is 0 Å². The van der Waals surface area contributed by atoms with Gasteiger partial charge in [-0.1, -0.05) is 28.9 Å². The zero-order chi connectivity index (χ0) is 15.5. The first-order chi connectivity index (χ1) is 9.89. The smallest absolute Gasteiger partial charge is 0.0423 e. The van der Waals surface area contributed by atoms with E-state index in [1.807, 2.05) is 0 Å². The first kappa shape index (κ1) is 17.2. The lowest BCUT2D eigenvalue weighted by molar-refractivity contribution is 0.424. The van der Waals surface area contributed by atoms with Gasteiger partial charge < -0.3 is 10.2 Å². The predicted molar refractivity (Wildman–Crippen MR) is 99.5 cm³/mol. The summed E-state index contributed by atoms with van der Waals surface area (Å²) in [6.07, 6.45) is 1.25. The van der Waals surface area contributed by atoms with Crippen LogP contribution in [0.2, 0.25) is 0 Å². The Balaban J connectivity index is 2.18. The van der Waals surface area contributed by atoms with Crippen LogP contribution in [0.5, 0.6) is 0 Å². The van der Waals surface area contributed by atoms with E-state index in [4.69, 9.17) is 0 Å². The van der Waals surface area contributed by atoms with Gasteiger partial charge in [0.1, 0.15) is 0 Å². The zero-order valence-corrected chi connectivity index (χ0v) is 16.0. The lowest BCUT2D eigenvalue weighted by Gasteiger charge is -2.35. The van der Waals surface area contributed by atoms with Crippen molar-refractivity contribution in [2.75, 3.05) is 23.7 Å². The van der Waals surface area contributed by atoms with Gasteiger partial charge in [0, 0.05) is 46.3 Å². The van der Waals surface area contributed by atoms with Crippen molar-refractivity contribution in [2.24, 2.45) is 0 Å². The molecule has 0 saturated carbocycles. The van der Waals surface area contributed by atoms with E-state index in [1.54, 1.807) is 0 Å². The molecule has 0 radical (unpaired) electrons. The summed E-state index contributed by atoms with van der Waals surface area (Å²) >= 11 is 5.75. The molecule has 4 heteroatoms. The molecule has 0 bridgehead atoms. The van der Waals surface area contributed by atoms with Gasteiger partial charge >= 0.3 is 0 Å². The lowest BCUT2D eigenvalue weighted by atomic mass is 10.1. The van der Waals surface area contributed by atoms with Crippen molar-refractivity contribution in [1.82, 2.24) is 5.32 Å². The fraction of sp³-hybridized carbons (Fsp3) is 0.647. The molecule has 1 aliphatic heterocycles. The molecule has 0 aromatic heterocycles. The summed E-state index contributed by atoms with van der Waals surface area (Å²) in [5.41, 5.74) is 2.93. The highest BCUT2D eigenvalue weighted by Crippen LogP contribution is 2.30. The van der Waals surface area contributed by atoms with Gasteiger partial charge in [0.25, 0.3) is 0 Å². The molecule has 1 aromatic rings. The highest BCUT2D eigenvalue weighted by atomic mass is 79.9. The van der Waals surface area contributed by atoms with Gasteiger partial charge in [-0.25, -0.2) is 0 Å². The van der Waals surface area contributed by atoms with E-state index < -0.39 is 0 Å². The number of nitrogens with zero attached hydrogens (tertiary/aromatic N) is 1. The van der Waals surface area contributed by atoms with Gasteiger partial charge in [-0.15, -0.1) is 0 Å². The van der Waals surface area contributed by atoms with Crippen LogP contribution in [-0.4, -0.2) is 29.6 Å². The number of anilines is 1. The van der Waals surface area contributed by atoms with E-state index in [9.17, 15) is 0 Å². The van der Waals surface area contributed by atoms with Crippen LogP contribution in [0.15, 0.2) is 22.7 Å². The first-order valence-corrected chi connectivity index (χ1v) is 9.63. The second-order valence-corrected chi connectivity index (χ2v) is 9.05. The molecule has 1 aliphatic rings. The highest BCUT2D eigenvalue weighted by Gasteiger charge is 2.21. The van der Waals surface area contributed by atoms with Crippen LogP contribution >= 0.6 is 27.7 Å². The van der Waals surface area contributed by atoms with Crippen LogP contribution in [0.4, 0.5) is 5.69 Å². The fourth-order valence-electron chi connectivity index (χ4n) is 2.53. The summed E-state index contributed by atoms with van der Waals surface area (Å²) in [7, 11) is 0. The maximum absolute atomic E-state index is 3.63. The molecule has 2 nitrogen and oxygen atoms in total. The number of thioether (sulfide) groups is 1. The fourth-order valence-corrected chi connectivity index (χ4v) is 4.06. The van der Waals surface area contributed by atoms with Gasteiger partial charge in [-0.2, -0.15) is 11.8 Å². The SMILES string of the molecule is CCC1CN(c2cc(Br)ccc2CNC(C)(C)C)CCS1. The summed E-state index contributed by atoms with van der Waals surface area (Å²) in [6, 6.07) is 6.68. The number of halogens is 1. The molecule has 1 aromatic carbocycles. The van der Waals surface area contributed by atoms with E-state index in [0.717, 1.165) is 18.3 Å². The summed E-state index contributed by atoms with van der Waals surface area (Å²) in [5.74, 6) is 1.23. The lowest BCUT2D eigenvalue weighted by Crippen LogP contribution is -2.39. The van der Waals surface area contributed by atoms with Crippen LogP contribution in [0, 0.1) is 0 Å². The minimum absolute atomic E-state index is 0.147. The van der Waals surface area contributed by atoms with E-state index in [0.29, 0.717) is 0 Å². The Labute approximate surface area is 142 Å². The van der Waals surface area contributed by atoms with Gasteiger partial charge in [0.05, 0.1) is 0 Å².